The Morgan fingerprint density at radius 1 is 1.47 bits per heavy atom. The van der Waals surface area contributed by atoms with Gasteiger partial charge in [0.05, 0.1) is 5.01 Å². The molecular weight excluding hydrogens is 206 g/mol. The molecule has 1 rings (SSSR count). The Labute approximate surface area is 96.3 Å². The van der Waals surface area contributed by atoms with E-state index in [0.29, 0.717) is 0 Å². The first-order valence-corrected chi connectivity index (χ1v) is 6.22. The van der Waals surface area contributed by atoms with Crippen molar-refractivity contribution in [3.8, 4) is 0 Å². The minimum Gasteiger partial charge on any atom is -0.315 e. The second-order valence-electron chi connectivity index (χ2n) is 4.44. The van der Waals surface area contributed by atoms with E-state index >= 15 is 0 Å². The Hall–Kier alpha value is -0.450. The maximum absolute atomic E-state index is 4.43. The van der Waals surface area contributed by atoms with Gasteiger partial charge in [0.25, 0.3) is 0 Å². The van der Waals surface area contributed by atoms with Gasteiger partial charge in [-0.25, -0.2) is 4.98 Å². The van der Waals surface area contributed by atoms with Crippen molar-refractivity contribution in [3.63, 3.8) is 0 Å². The third-order valence-electron chi connectivity index (χ3n) is 2.43. The van der Waals surface area contributed by atoms with Crippen molar-refractivity contribution >= 4 is 11.3 Å². The highest BCUT2D eigenvalue weighted by Crippen LogP contribution is 2.08. The van der Waals surface area contributed by atoms with Crippen LogP contribution in [0, 0.1) is 6.92 Å². The summed E-state index contributed by atoms with van der Waals surface area (Å²) in [5, 5.41) is 10.0. The summed E-state index contributed by atoms with van der Waals surface area (Å²) < 4.78 is 0. The Kier molecular flexibility index (Phi) is 4.70. The average Bonchev–Trinajstić information content (AvgIpc) is 2.59. The number of likely N-dealkylation sites (N-methyl/N-ethyl adjacent to an activating group) is 1. The zero-order valence-corrected chi connectivity index (χ0v) is 10.9. The van der Waals surface area contributed by atoms with Gasteiger partial charge in [0.15, 0.2) is 0 Å². The molecule has 0 atom stereocenters. The highest BCUT2D eigenvalue weighted by atomic mass is 32.1. The van der Waals surface area contributed by atoms with Gasteiger partial charge in [0, 0.05) is 36.1 Å². The van der Waals surface area contributed by atoms with Gasteiger partial charge >= 0.3 is 0 Å². The lowest BCUT2D eigenvalue weighted by Crippen LogP contribution is -2.46. The normalized spacial score (nSPS) is 12.0. The van der Waals surface area contributed by atoms with E-state index < -0.39 is 0 Å². The van der Waals surface area contributed by atoms with Crippen molar-refractivity contribution in [3.05, 3.63) is 16.1 Å². The molecule has 0 fully saturated rings. The minimum atomic E-state index is 0.165. The van der Waals surface area contributed by atoms with Crippen LogP contribution in [0.25, 0.3) is 0 Å². The van der Waals surface area contributed by atoms with Crippen LogP contribution in [0.15, 0.2) is 5.38 Å². The number of aryl methyl sites for hydroxylation is 1. The molecular formula is C11H21N3S. The molecule has 0 radical (unpaired) electrons. The largest absolute Gasteiger partial charge is 0.315 e. The molecule has 0 bridgehead atoms. The van der Waals surface area contributed by atoms with Crippen LogP contribution in [-0.2, 0) is 6.42 Å². The molecule has 0 amide bonds. The molecule has 1 aromatic rings. The molecule has 0 saturated carbocycles. The van der Waals surface area contributed by atoms with Gasteiger partial charge in [0.2, 0.25) is 0 Å². The molecule has 0 aliphatic carbocycles. The summed E-state index contributed by atoms with van der Waals surface area (Å²) >= 11 is 1.75. The Morgan fingerprint density at radius 3 is 2.73 bits per heavy atom. The molecule has 0 aromatic carbocycles. The average molecular weight is 227 g/mol. The highest BCUT2D eigenvalue weighted by molar-refractivity contribution is 7.09. The molecule has 0 aliphatic rings. The number of hydrogen-bond acceptors (Lipinski definition) is 4. The Bertz CT molecular complexity index is 294. The molecule has 3 nitrogen and oxygen atoms in total. The van der Waals surface area contributed by atoms with E-state index in [9.17, 15) is 0 Å². The zero-order valence-electron chi connectivity index (χ0n) is 10.1. The van der Waals surface area contributed by atoms with Gasteiger partial charge < -0.3 is 10.6 Å². The maximum Gasteiger partial charge on any atom is 0.0940 e. The summed E-state index contributed by atoms with van der Waals surface area (Å²) in [6.45, 7) is 8.39. The molecule has 4 heteroatoms. The number of thiazole rings is 1. The van der Waals surface area contributed by atoms with Crippen molar-refractivity contribution in [1.29, 1.82) is 0 Å². The van der Waals surface area contributed by atoms with Gasteiger partial charge in [0.1, 0.15) is 0 Å². The van der Waals surface area contributed by atoms with Crippen molar-refractivity contribution in [1.82, 2.24) is 15.6 Å². The topological polar surface area (TPSA) is 37.0 Å². The summed E-state index contributed by atoms with van der Waals surface area (Å²) in [6, 6.07) is 0. The van der Waals surface area contributed by atoms with Crippen LogP contribution in [0.2, 0.25) is 0 Å². The summed E-state index contributed by atoms with van der Waals surface area (Å²) in [5.41, 5.74) is 1.30. The number of aromatic nitrogens is 1. The molecule has 0 saturated heterocycles. The van der Waals surface area contributed by atoms with E-state index in [2.05, 4.69) is 34.8 Å². The molecule has 15 heavy (non-hydrogen) atoms. The summed E-state index contributed by atoms with van der Waals surface area (Å²) in [4.78, 5) is 4.43. The fourth-order valence-corrected chi connectivity index (χ4v) is 1.98. The lowest BCUT2D eigenvalue weighted by molar-refractivity contribution is 0.395. The summed E-state index contributed by atoms with van der Waals surface area (Å²) in [7, 11) is 1.99. The monoisotopic (exact) mass is 227 g/mol. The van der Waals surface area contributed by atoms with Gasteiger partial charge in [-0.3, -0.25) is 0 Å². The molecule has 2 N–H and O–H groups in total. The second-order valence-corrected chi connectivity index (χ2v) is 5.39. The number of rotatable bonds is 6. The SMILES string of the molecule is CNC(C)(C)CNCCc1nc(C)cs1. The third kappa shape index (κ3) is 4.73. The van der Waals surface area contributed by atoms with Crippen LogP contribution in [0.4, 0.5) is 0 Å². The molecule has 1 aromatic heterocycles. The maximum atomic E-state index is 4.43. The van der Waals surface area contributed by atoms with Crippen LogP contribution >= 0.6 is 11.3 Å². The lowest BCUT2D eigenvalue weighted by Gasteiger charge is -2.24. The molecule has 0 spiro atoms. The number of nitrogens with one attached hydrogen (secondary N) is 2. The minimum absolute atomic E-state index is 0.165. The second kappa shape index (κ2) is 5.58. The smallest absolute Gasteiger partial charge is 0.0940 e. The fraction of sp³-hybridized carbons (Fsp3) is 0.727. The van der Waals surface area contributed by atoms with E-state index in [0.717, 1.165) is 25.2 Å². The van der Waals surface area contributed by atoms with Gasteiger partial charge in [-0.1, -0.05) is 0 Å². The van der Waals surface area contributed by atoms with Crippen molar-refractivity contribution in [2.24, 2.45) is 0 Å². The first-order chi connectivity index (χ1) is 7.03. The van der Waals surface area contributed by atoms with Gasteiger partial charge in [-0.15, -0.1) is 11.3 Å². The third-order valence-corrected chi connectivity index (χ3v) is 3.45. The van der Waals surface area contributed by atoms with E-state index in [1.807, 2.05) is 14.0 Å². The van der Waals surface area contributed by atoms with Crippen LogP contribution in [0.3, 0.4) is 0 Å². The number of nitrogens with zero attached hydrogens (tertiary/aromatic N) is 1. The van der Waals surface area contributed by atoms with Crippen molar-refractivity contribution < 1.29 is 0 Å². The molecule has 0 unspecified atom stereocenters. The quantitative estimate of drug-likeness (QED) is 0.725. The first-order valence-electron chi connectivity index (χ1n) is 5.34. The standard InChI is InChI=1S/C11H21N3S/c1-9-7-15-10(14-9)5-6-13-8-11(2,3)12-4/h7,12-13H,5-6,8H2,1-4H3. The van der Waals surface area contributed by atoms with Crippen LogP contribution in [0.1, 0.15) is 24.5 Å². The predicted molar refractivity (Wildman–Crippen MR) is 66.6 cm³/mol. The summed E-state index contributed by atoms with van der Waals surface area (Å²) in [5.74, 6) is 0. The highest BCUT2D eigenvalue weighted by Gasteiger charge is 2.12. The van der Waals surface area contributed by atoms with Crippen molar-refractivity contribution in [2.45, 2.75) is 32.7 Å². The Balaban J connectivity index is 2.17. The lowest BCUT2D eigenvalue weighted by atomic mass is 10.1. The van der Waals surface area contributed by atoms with Crippen LogP contribution < -0.4 is 10.6 Å². The van der Waals surface area contributed by atoms with E-state index in [1.165, 1.54) is 5.01 Å². The molecule has 1 heterocycles. The first kappa shape index (κ1) is 12.6. The predicted octanol–water partition coefficient (Wildman–Crippen LogP) is 1.58. The van der Waals surface area contributed by atoms with E-state index in [4.69, 9.17) is 0 Å². The molecule has 86 valence electrons. The van der Waals surface area contributed by atoms with Crippen LogP contribution in [-0.4, -0.2) is 30.7 Å². The summed E-state index contributed by atoms with van der Waals surface area (Å²) in [6.07, 6.45) is 1.03. The van der Waals surface area contributed by atoms with E-state index in [-0.39, 0.29) is 5.54 Å². The fourth-order valence-electron chi connectivity index (χ4n) is 1.20. The number of hydrogen-bond donors (Lipinski definition) is 2. The van der Waals surface area contributed by atoms with E-state index in [1.54, 1.807) is 11.3 Å². The van der Waals surface area contributed by atoms with Gasteiger partial charge in [-0.2, -0.15) is 0 Å². The van der Waals surface area contributed by atoms with Gasteiger partial charge in [-0.05, 0) is 27.8 Å². The Morgan fingerprint density at radius 2 is 2.20 bits per heavy atom. The van der Waals surface area contributed by atoms with Crippen LogP contribution in [0.5, 0.6) is 0 Å². The van der Waals surface area contributed by atoms with Crippen molar-refractivity contribution in [2.75, 3.05) is 20.1 Å². The zero-order chi connectivity index (χ0) is 11.3. The molecule has 0 aliphatic heterocycles.